The number of nitrogens with one attached hydrogen (secondary N) is 1. The van der Waals surface area contributed by atoms with E-state index in [2.05, 4.69) is 9.97 Å². The highest BCUT2D eigenvalue weighted by atomic mass is 19.4. The molecular weight excluding hydrogens is 336 g/mol. The lowest BCUT2D eigenvalue weighted by Gasteiger charge is -2.06. The Kier molecular flexibility index (Phi) is 4.16. The lowest BCUT2D eigenvalue weighted by molar-refractivity contribution is -0.137. The van der Waals surface area contributed by atoms with Gasteiger partial charge in [-0.1, -0.05) is 12.1 Å². The fraction of sp³-hybridized carbons (Fsp3) is 0.111. The van der Waals surface area contributed by atoms with E-state index >= 15 is 0 Å². The number of H-pyrrole nitrogens is 1. The van der Waals surface area contributed by atoms with Gasteiger partial charge in [-0.15, -0.1) is 0 Å². The van der Waals surface area contributed by atoms with Gasteiger partial charge in [-0.3, -0.25) is 4.79 Å². The van der Waals surface area contributed by atoms with Gasteiger partial charge < -0.3 is 4.98 Å². The second-order valence-electron chi connectivity index (χ2n) is 5.45. The summed E-state index contributed by atoms with van der Waals surface area (Å²) in [5.74, 6) is -0.449. The molecule has 3 rings (SSSR count). The first-order chi connectivity index (χ1) is 11.8. The molecule has 128 valence electrons. The first kappa shape index (κ1) is 16.9. The van der Waals surface area contributed by atoms with Crippen LogP contribution in [0.5, 0.6) is 0 Å². The monoisotopic (exact) mass is 348 g/mol. The highest BCUT2D eigenvalue weighted by Crippen LogP contribution is 2.31. The van der Waals surface area contributed by atoms with Crippen molar-refractivity contribution in [3.05, 3.63) is 65.6 Å². The number of Topliss-reactive ketones (excluding diaryl/α,β-unsaturated/α-hetero) is 1. The van der Waals surface area contributed by atoms with Crippen LogP contribution >= 0.6 is 0 Å². The molecule has 25 heavy (non-hydrogen) atoms. The average molecular weight is 348 g/mol. The van der Waals surface area contributed by atoms with Gasteiger partial charge in [0.1, 0.15) is 17.3 Å². The molecule has 0 aliphatic rings. The number of ketones is 1. The number of aromatic amines is 1. The van der Waals surface area contributed by atoms with E-state index in [0.29, 0.717) is 16.8 Å². The van der Waals surface area contributed by atoms with Crippen LogP contribution in [-0.2, 0) is 6.18 Å². The van der Waals surface area contributed by atoms with Crippen molar-refractivity contribution in [3.63, 3.8) is 0 Å². The van der Waals surface area contributed by atoms with Gasteiger partial charge in [-0.05, 0) is 36.4 Å². The maximum atomic E-state index is 13.1. The summed E-state index contributed by atoms with van der Waals surface area (Å²) >= 11 is 0. The van der Waals surface area contributed by atoms with Gasteiger partial charge in [0.25, 0.3) is 0 Å². The topological polar surface area (TPSA) is 45.8 Å². The van der Waals surface area contributed by atoms with Crippen LogP contribution in [0.1, 0.15) is 23.0 Å². The Balaban J connectivity index is 2.05. The molecule has 0 spiro atoms. The minimum absolute atomic E-state index is 0.210. The number of benzene rings is 2. The summed E-state index contributed by atoms with van der Waals surface area (Å²) < 4.78 is 51.0. The van der Waals surface area contributed by atoms with Crippen LogP contribution < -0.4 is 0 Å². The third kappa shape index (κ3) is 3.45. The summed E-state index contributed by atoms with van der Waals surface area (Å²) in [4.78, 5) is 19.0. The first-order valence-electron chi connectivity index (χ1n) is 7.30. The third-order valence-corrected chi connectivity index (χ3v) is 3.66. The van der Waals surface area contributed by atoms with Crippen LogP contribution in [0.4, 0.5) is 17.6 Å². The zero-order chi connectivity index (χ0) is 18.2. The zero-order valence-corrected chi connectivity index (χ0v) is 13.0. The lowest BCUT2D eigenvalue weighted by atomic mass is 10.1. The fourth-order valence-electron chi connectivity index (χ4n) is 2.40. The first-order valence-corrected chi connectivity index (χ1v) is 7.30. The van der Waals surface area contributed by atoms with Crippen LogP contribution in [0.3, 0.4) is 0 Å². The molecule has 3 aromatic rings. The Labute approximate surface area is 140 Å². The molecule has 1 heterocycles. The summed E-state index contributed by atoms with van der Waals surface area (Å²) in [5.41, 5.74) is 0.696. The van der Waals surface area contributed by atoms with E-state index in [4.69, 9.17) is 0 Å². The maximum Gasteiger partial charge on any atom is 0.416 e. The van der Waals surface area contributed by atoms with Crippen molar-refractivity contribution >= 4 is 5.78 Å². The molecule has 0 saturated carbocycles. The third-order valence-electron chi connectivity index (χ3n) is 3.66. The van der Waals surface area contributed by atoms with E-state index in [0.717, 1.165) is 12.1 Å². The predicted molar refractivity (Wildman–Crippen MR) is 84.4 cm³/mol. The molecule has 7 heteroatoms. The molecule has 1 N–H and O–H groups in total. The van der Waals surface area contributed by atoms with Gasteiger partial charge in [0.15, 0.2) is 5.78 Å². The van der Waals surface area contributed by atoms with Crippen LogP contribution in [0.15, 0.2) is 48.5 Å². The molecule has 0 atom stereocenters. The van der Waals surface area contributed by atoms with Crippen molar-refractivity contribution in [2.45, 2.75) is 13.1 Å². The normalized spacial score (nSPS) is 11.6. The van der Waals surface area contributed by atoms with E-state index in [9.17, 15) is 22.4 Å². The molecular formula is C18H12F4N2O. The van der Waals surface area contributed by atoms with Crippen molar-refractivity contribution < 1.29 is 22.4 Å². The molecule has 0 aliphatic heterocycles. The van der Waals surface area contributed by atoms with Crippen molar-refractivity contribution in [2.24, 2.45) is 0 Å². The molecule has 1 aromatic heterocycles. The van der Waals surface area contributed by atoms with Gasteiger partial charge in [0.05, 0.1) is 11.3 Å². The molecule has 0 bridgehead atoms. The summed E-state index contributed by atoms with van der Waals surface area (Å²) in [6.45, 7) is 1.34. The lowest BCUT2D eigenvalue weighted by Crippen LogP contribution is -2.04. The van der Waals surface area contributed by atoms with Gasteiger partial charge in [0.2, 0.25) is 0 Å². The second kappa shape index (κ2) is 6.16. The van der Waals surface area contributed by atoms with Crippen molar-refractivity contribution in [1.29, 1.82) is 0 Å². The molecule has 0 unspecified atom stereocenters. The Hall–Kier alpha value is -2.96. The molecule has 0 radical (unpaired) electrons. The quantitative estimate of drug-likeness (QED) is 0.528. The molecule has 0 aliphatic carbocycles. The smallest absolute Gasteiger partial charge is 0.335 e. The van der Waals surface area contributed by atoms with Crippen molar-refractivity contribution in [3.8, 4) is 22.6 Å². The standard InChI is InChI=1S/C18H12F4N2O/c1-10(25)15-16(11-4-8-14(19)9-5-11)24-17(23-15)12-2-6-13(7-3-12)18(20,21)22/h2-9H,1H3,(H,23,24). The summed E-state index contributed by atoms with van der Waals surface area (Å²) in [5, 5.41) is 0. The Bertz CT molecular complexity index is 910. The minimum Gasteiger partial charge on any atom is -0.335 e. The zero-order valence-electron chi connectivity index (χ0n) is 13.0. The number of aromatic nitrogens is 2. The van der Waals surface area contributed by atoms with Crippen molar-refractivity contribution in [1.82, 2.24) is 9.97 Å². The highest BCUT2D eigenvalue weighted by molar-refractivity contribution is 5.99. The number of halogens is 4. The van der Waals surface area contributed by atoms with Crippen LogP contribution in [0, 0.1) is 5.82 Å². The Morgan fingerprint density at radius 1 is 0.960 bits per heavy atom. The predicted octanol–water partition coefficient (Wildman–Crippen LogP) is 5.10. The molecule has 3 nitrogen and oxygen atoms in total. The number of carbonyl (C=O) groups is 1. The van der Waals surface area contributed by atoms with Crippen molar-refractivity contribution in [2.75, 3.05) is 0 Å². The van der Waals surface area contributed by atoms with Gasteiger partial charge in [-0.2, -0.15) is 13.2 Å². The Morgan fingerprint density at radius 3 is 2.04 bits per heavy atom. The number of carbonyl (C=O) groups excluding carboxylic acids is 1. The molecule has 0 amide bonds. The number of hydrogen-bond acceptors (Lipinski definition) is 2. The van der Waals surface area contributed by atoms with Gasteiger partial charge in [0, 0.05) is 18.1 Å². The Morgan fingerprint density at radius 2 is 1.52 bits per heavy atom. The van der Waals surface area contributed by atoms with E-state index in [1.807, 2.05) is 0 Å². The summed E-state index contributed by atoms with van der Waals surface area (Å²) in [6.07, 6.45) is -4.43. The molecule has 2 aromatic carbocycles. The van der Waals surface area contributed by atoms with E-state index in [1.165, 1.54) is 43.3 Å². The number of hydrogen-bond donors (Lipinski definition) is 1. The highest BCUT2D eigenvalue weighted by Gasteiger charge is 2.30. The van der Waals surface area contributed by atoms with Gasteiger partial charge in [-0.25, -0.2) is 9.37 Å². The molecule has 0 fully saturated rings. The van der Waals surface area contributed by atoms with Gasteiger partial charge >= 0.3 is 6.18 Å². The largest absolute Gasteiger partial charge is 0.416 e. The SMILES string of the molecule is CC(=O)c1[nH]c(-c2ccc(C(F)(F)F)cc2)nc1-c1ccc(F)cc1. The van der Waals surface area contributed by atoms with E-state index in [1.54, 1.807) is 0 Å². The van der Waals surface area contributed by atoms with Crippen LogP contribution in [0.2, 0.25) is 0 Å². The summed E-state index contributed by atoms with van der Waals surface area (Å²) in [6, 6.07) is 9.90. The number of imidazole rings is 1. The number of alkyl halides is 3. The number of rotatable bonds is 3. The maximum absolute atomic E-state index is 13.1. The van der Waals surface area contributed by atoms with Crippen LogP contribution in [-0.4, -0.2) is 15.8 Å². The minimum atomic E-state index is -4.43. The molecule has 0 saturated heterocycles. The average Bonchev–Trinajstić information content (AvgIpc) is 3.00. The van der Waals surface area contributed by atoms with E-state index in [-0.39, 0.29) is 17.3 Å². The van der Waals surface area contributed by atoms with E-state index < -0.39 is 17.6 Å². The second-order valence-corrected chi connectivity index (χ2v) is 5.45. The van der Waals surface area contributed by atoms with Crippen LogP contribution in [0.25, 0.3) is 22.6 Å². The number of nitrogens with zero attached hydrogens (tertiary/aromatic N) is 1. The summed E-state index contributed by atoms with van der Waals surface area (Å²) in [7, 11) is 0. The fourth-order valence-corrected chi connectivity index (χ4v) is 2.40.